The van der Waals surface area contributed by atoms with E-state index in [1.54, 1.807) is 0 Å². The SMILES string of the molecule is CCCNCc1cnccc1N(C)Cc1ccc(C)cc1. The molecule has 0 fully saturated rings. The Labute approximate surface area is 128 Å². The van der Waals surface area contributed by atoms with E-state index >= 15 is 0 Å². The predicted molar refractivity (Wildman–Crippen MR) is 89.5 cm³/mol. The summed E-state index contributed by atoms with van der Waals surface area (Å²) >= 11 is 0. The summed E-state index contributed by atoms with van der Waals surface area (Å²) in [6.45, 7) is 7.12. The number of nitrogens with one attached hydrogen (secondary N) is 1. The van der Waals surface area contributed by atoms with Crippen LogP contribution in [0.3, 0.4) is 0 Å². The summed E-state index contributed by atoms with van der Waals surface area (Å²) in [5.41, 5.74) is 5.12. The van der Waals surface area contributed by atoms with Crippen LogP contribution in [-0.2, 0) is 13.1 Å². The van der Waals surface area contributed by atoms with Crippen LogP contribution in [-0.4, -0.2) is 18.6 Å². The standard InChI is InChI=1S/C18H25N3/c1-4-10-19-12-17-13-20-11-9-18(17)21(3)14-16-7-5-15(2)6-8-16/h5-9,11,13,19H,4,10,12,14H2,1-3H3. The van der Waals surface area contributed by atoms with Gasteiger partial charge in [0.25, 0.3) is 0 Å². The van der Waals surface area contributed by atoms with Crippen LogP contribution >= 0.6 is 0 Å². The van der Waals surface area contributed by atoms with Crippen molar-refractivity contribution in [3.8, 4) is 0 Å². The average Bonchev–Trinajstić information content (AvgIpc) is 2.50. The van der Waals surface area contributed by atoms with Crippen molar-refractivity contribution in [3.05, 3.63) is 59.4 Å². The summed E-state index contributed by atoms with van der Waals surface area (Å²) < 4.78 is 0. The number of benzene rings is 1. The molecule has 112 valence electrons. The molecule has 0 saturated carbocycles. The van der Waals surface area contributed by atoms with Crippen LogP contribution in [0, 0.1) is 6.92 Å². The summed E-state index contributed by atoms with van der Waals surface area (Å²) in [5.74, 6) is 0. The molecule has 2 rings (SSSR count). The minimum Gasteiger partial charge on any atom is -0.370 e. The van der Waals surface area contributed by atoms with Crippen molar-refractivity contribution in [1.29, 1.82) is 0 Å². The van der Waals surface area contributed by atoms with Crippen LogP contribution < -0.4 is 10.2 Å². The van der Waals surface area contributed by atoms with Gasteiger partial charge in [0.05, 0.1) is 0 Å². The Morgan fingerprint density at radius 2 is 1.90 bits per heavy atom. The van der Waals surface area contributed by atoms with Crippen molar-refractivity contribution in [2.24, 2.45) is 0 Å². The zero-order valence-electron chi connectivity index (χ0n) is 13.3. The highest BCUT2D eigenvalue weighted by Gasteiger charge is 2.07. The van der Waals surface area contributed by atoms with Gasteiger partial charge < -0.3 is 10.2 Å². The van der Waals surface area contributed by atoms with Crippen LogP contribution in [0.25, 0.3) is 0 Å². The zero-order valence-corrected chi connectivity index (χ0v) is 13.3. The molecule has 0 atom stereocenters. The summed E-state index contributed by atoms with van der Waals surface area (Å²) in [6, 6.07) is 10.8. The fourth-order valence-electron chi connectivity index (χ4n) is 2.38. The molecule has 1 heterocycles. The van der Waals surface area contributed by atoms with Crippen LogP contribution in [0.5, 0.6) is 0 Å². The molecule has 3 nitrogen and oxygen atoms in total. The van der Waals surface area contributed by atoms with Crippen LogP contribution in [0.1, 0.15) is 30.0 Å². The van der Waals surface area contributed by atoms with E-state index in [1.807, 2.05) is 12.4 Å². The van der Waals surface area contributed by atoms with Gasteiger partial charge in [-0.2, -0.15) is 0 Å². The molecule has 0 aliphatic rings. The lowest BCUT2D eigenvalue weighted by Gasteiger charge is -2.22. The van der Waals surface area contributed by atoms with Gasteiger partial charge in [-0.05, 0) is 31.5 Å². The molecule has 0 amide bonds. The third-order valence-electron chi connectivity index (χ3n) is 3.57. The molecule has 1 N–H and O–H groups in total. The molecule has 2 aromatic rings. The fraction of sp³-hybridized carbons (Fsp3) is 0.389. The van der Waals surface area contributed by atoms with Crippen LogP contribution in [0.15, 0.2) is 42.7 Å². The minimum atomic E-state index is 0.870. The van der Waals surface area contributed by atoms with Gasteiger partial charge in [0, 0.05) is 43.8 Å². The molecule has 0 spiro atoms. The molecular weight excluding hydrogens is 258 g/mol. The summed E-state index contributed by atoms with van der Waals surface area (Å²) in [5, 5.41) is 3.45. The molecule has 0 bridgehead atoms. The van der Waals surface area contributed by atoms with Crippen molar-refractivity contribution in [2.45, 2.75) is 33.4 Å². The molecule has 0 radical (unpaired) electrons. The van der Waals surface area contributed by atoms with E-state index in [1.165, 1.54) is 22.4 Å². The number of pyridine rings is 1. The van der Waals surface area contributed by atoms with E-state index in [-0.39, 0.29) is 0 Å². The number of rotatable bonds is 7. The highest BCUT2D eigenvalue weighted by Crippen LogP contribution is 2.20. The Morgan fingerprint density at radius 3 is 2.62 bits per heavy atom. The molecular formula is C18H25N3. The Kier molecular flexibility index (Phi) is 5.76. The summed E-state index contributed by atoms with van der Waals surface area (Å²) in [4.78, 5) is 6.55. The van der Waals surface area contributed by atoms with Crippen LogP contribution in [0.2, 0.25) is 0 Å². The summed E-state index contributed by atoms with van der Waals surface area (Å²) in [7, 11) is 2.14. The molecule has 0 saturated heterocycles. The lowest BCUT2D eigenvalue weighted by molar-refractivity contribution is 0.672. The van der Waals surface area contributed by atoms with E-state index in [0.717, 1.165) is 26.1 Å². The first-order chi connectivity index (χ1) is 10.2. The van der Waals surface area contributed by atoms with E-state index < -0.39 is 0 Å². The molecule has 1 aromatic heterocycles. The smallest absolute Gasteiger partial charge is 0.0443 e. The molecule has 21 heavy (non-hydrogen) atoms. The van der Waals surface area contributed by atoms with Crippen molar-refractivity contribution in [1.82, 2.24) is 10.3 Å². The van der Waals surface area contributed by atoms with Crippen molar-refractivity contribution in [2.75, 3.05) is 18.5 Å². The van der Waals surface area contributed by atoms with E-state index in [4.69, 9.17) is 0 Å². The highest BCUT2D eigenvalue weighted by molar-refractivity contribution is 5.52. The average molecular weight is 283 g/mol. The molecule has 0 aliphatic carbocycles. The third-order valence-corrected chi connectivity index (χ3v) is 3.57. The lowest BCUT2D eigenvalue weighted by Crippen LogP contribution is -2.21. The number of aryl methyl sites for hydroxylation is 1. The maximum Gasteiger partial charge on any atom is 0.0443 e. The van der Waals surface area contributed by atoms with Gasteiger partial charge >= 0.3 is 0 Å². The monoisotopic (exact) mass is 283 g/mol. The van der Waals surface area contributed by atoms with Gasteiger partial charge in [-0.15, -0.1) is 0 Å². The van der Waals surface area contributed by atoms with Gasteiger partial charge in [-0.1, -0.05) is 36.8 Å². The maximum absolute atomic E-state index is 4.26. The van der Waals surface area contributed by atoms with Gasteiger partial charge in [0.15, 0.2) is 0 Å². The number of aromatic nitrogens is 1. The molecule has 3 heteroatoms. The Balaban J connectivity index is 2.07. The zero-order chi connectivity index (χ0) is 15.1. The lowest BCUT2D eigenvalue weighted by atomic mass is 10.1. The first-order valence-corrected chi connectivity index (χ1v) is 7.61. The van der Waals surface area contributed by atoms with Gasteiger partial charge in [0.2, 0.25) is 0 Å². The minimum absolute atomic E-state index is 0.870. The topological polar surface area (TPSA) is 28.2 Å². The second kappa shape index (κ2) is 7.79. The molecule has 1 aromatic carbocycles. The van der Waals surface area contributed by atoms with Gasteiger partial charge in [-0.3, -0.25) is 4.98 Å². The normalized spacial score (nSPS) is 10.6. The maximum atomic E-state index is 4.26. The fourth-order valence-corrected chi connectivity index (χ4v) is 2.38. The van der Waals surface area contributed by atoms with Crippen molar-refractivity contribution >= 4 is 5.69 Å². The second-order valence-electron chi connectivity index (χ2n) is 5.52. The largest absolute Gasteiger partial charge is 0.370 e. The predicted octanol–water partition coefficient (Wildman–Crippen LogP) is 3.53. The van der Waals surface area contributed by atoms with Crippen molar-refractivity contribution in [3.63, 3.8) is 0 Å². The highest BCUT2D eigenvalue weighted by atomic mass is 15.1. The molecule has 0 unspecified atom stereocenters. The van der Waals surface area contributed by atoms with E-state index in [9.17, 15) is 0 Å². The summed E-state index contributed by atoms with van der Waals surface area (Å²) in [6.07, 6.45) is 4.97. The number of hydrogen-bond acceptors (Lipinski definition) is 3. The van der Waals surface area contributed by atoms with Crippen LogP contribution in [0.4, 0.5) is 5.69 Å². The quantitative estimate of drug-likeness (QED) is 0.788. The third kappa shape index (κ3) is 4.57. The Hall–Kier alpha value is -1.87. The second-order valence-corrected chi connectivity index (χ2v) is 5.52. The van der Waals surface area contributed by atoms with E-state index in [0.29, 0.717) is 0 Å². The molecule has 0 aliphatic heterocycles. The number of anilines is 1. The Bertz CT molecular complexity index is 549. The number of nitrogens with zero attached hydrogens (tertiary/aromatic N) is 2. The van der Waals surface area contributed by atoms with Gasteiger partial charge in [0.1, 0.15) is 0 Å². The van der Waals surface area contributed by atoms with E-state index in [2.05, 4.69) is 66.4 Å². The first-order valence-electron chi connectivity index (χ1n) is 7.61. The van der Waals surface area contributed by atoms with Crippen molar-refractivity contribution < 1.29 is 0 Å². The van der Waals surface area contributed by atoms with Gasteiger partial charge in [-0.25, -0.2) is 0 Å². The Morgan fingerprint density at radius 1 is 1.14 bits per heavy atom. The first kappa shape index (κ1) is 15.5. The number of hydrogen-bond donors (Lipinski definition) is 1.